The van der Waals surface area contributed by atoms with Crippen LogP contribution in [0.2, 0.25) is 0 Å². The Kier molecular flexibility index (Phi) is 7.08. The van der Waals surface area contributed by atoms with Crippen LogP contribution in [-0.4, -0.2) is 29.1 Å². The zero-order valence-electron chi connectivity index (χ0n) is 14.7. The Balaban J connectivity index is 0.00000225. The minimum Gasteiger partial charge on any atom is -0.369 e. The van der Waals surface area contributed by atoms with Gasteiger partial charge in [0.25, 0.3) is 0 Å². The van der Waals surface area contributed by atoms with Crippen LogP contribution in [0.15, 0.2) is 60.7 Å². The van der Waals surface area contributed by atoms with E-state index in [0.29, 0.717) is 0 Å². The highest BCUT2D eigenvalue weighted by molar-refractivity contribution is 5.85. The molecule has 3 heteroatoms. The number of likely N-dealkylation sites (tertiary alicyclic amines) is 1. The first kappa shape index (κ1) is 19.5. The third-order valence-electron chi connectivity index (χ3n) is 4.78. The minimum absolute atomic E-state index is 0. The monoisotopic (exact) mass is 355 g/mol. The van der Waals surface area contributed by atoms with Gasteiger partial charge in [-0.2, -0.15) is 0 Å². The van der Waals surface area contributed by atoms with Crippen molar-refractivity contribution in [2.45, 2.75) is 37.8 Å². The lowest BCUT2D eigenvalue weighted by Gasteiger charge is -2.30. The van der Waals surface area contributed by atoms with Gasteiger partial charge >= 0.3 is 0 Å². The predicted molar refractivity (Wildman–Crippen MR) is 106 cm³/mol. The summed E-state index contributed by atoms with van der Waals surface area (Å²) in [6.45, 7) is 4.34. The smallest absolute Gasteiger partial charge is 0.176 e. The van der Waals surface area contributed by atoms with Crippen LogP contribution in [0.5, 0.6) is 0 Å². The van der Waals surface area contributed by atoms with Gasteiger partial charge in [-0.3, -0.25) is 4.90 Å². The molecule has 0 spiro atoms. The summed E-state index contributed by atoms with van der Waals surface area (Å²) >= 11 is 0. The molecular weight excluding hydrogens is 330 g/mol. The number of aliphatic hydroxyl groups is 1. The summed E-state index contributed by atoms with van der Waals surface area (Å²) in [6.07, 6.45) is 3.80. The third-order valence-corrected chi connectivity index (χ3v) is 4.78. The average molecular weight is 356 g/mol. The largest absolute Gasteiger partial charge is 0.369 e. The van der Waals surface area contributed by atoms with E-state index in [1.54, 1.807) is 0 Å². The summed E-state index contributed by atoms with van der Waals surface area (Å²) < 4.78 is 0. The highest BCUT2D eigenvalue weighted by Crippen LogP contribution is 2.29. The number of benzene rings is 2. The van der Waals surface area contributed by atoms with Crippen molar-refractivity contribution >= 4 is 12.4 Å². The SMILES string of the molecule is CC(C#CC(O)(c1ccccc1)c1ccccc1)N1CCCCC1.Cl. The number of nitrogens with zero attached hydrogens (tertiary/aromatic N) is 1. The molecule has 2 aromatic carbocycles. The lowest BCUT2D eigenvalue weighted by atomic mass is 9.86. The van der Waals surface area contributed by atoms with Gasteiger partial charge in [0.15, 0.2) is 5.60 Å². The molecule has 132 valence electrons. The Hall–Kier alpha value is -1.79. The molecule has 0 saturated carbocycles. The second-order valence-corrected chi connectivity index (χ2v) is 6.48. The summed E-state index contributed by atoms with van der Waals surface area (Å²) in [5, 5.41) is 11.4. The van der Waals surface area contributed by atoms with E-state index in [0.717, 1.165) is 24.2 Å². The van der Waals surface area contributed by atoms with Crippen LogP contribution in [0, 0.1) is 11.8 Å². The number of hydrogen-bond donors (Lipinski definition) is 1. The molecule has 0 amide bonds. The first-order valence-electron chi connectivity index (χ1n) is 8.80. The molecule has 2 nitrogen and oxygen atoms in total. The molecule has 1 aliphatic heterocycles. The van der Waals surface area contributed by atoms with Crippen molar-refractivity contribution in [2.75, 3.05) is 13.1 Å². The fraction of sp³-hybridized carbons (Fsp3) is 0.364. The fourth-order valence-electron chi connectivity index (χ4n) is 3.28. The van der Waals surface area contributed by atoms with Crippen LogP contribution >= 0.6 is 12.4 Å². The van der Waals surface area contributed by atoms with Gasteiger partial charge < -0.3 is 5.11 Å². The van der Waals surface area contributed by atoms with E-state index in [-0.39, 0.29) is 18.4 Å². The zero-order valence-corrected chi connectivity index (χ0v) is 15.5. The Morgan fingerprint density at radius 2 is 1.36 bits per heavy atom. The standard InChI is InChI=1S/C22H25NO.ClH/c1-19(23-17-9-4-10-18-23)15-16-22(24,20-11-5-2-6-12-20)21-13-7-3-8-14-21;/h2-3,5-8,11-14,19,24H,4,9-10,17-18H2,1H3;1H. The minimum atomic E-state index is -1.27. The van der Waals surface area contributed by atoms with Gasteiger partial charge in [-0.25, -0.2) is 0 Å². The maximum Gasteiger partial charge on any atom is 0.176 e. The highest BCUT2D eigenvalue weighted by atomic mass is 35.5. The van der Waals surface area contributed by atoms with Crippen LogP contribution in [0.4, 0.5) is 0 Å². The second-order valence-electron chi connectivity index (χ2n) is 6.48. The topological polar surface area (TPSA) is 23.5 Å². The Morgan fingerprint density at radius 3 is 1.84 bits per heavy atom. The van der Waals surface area contributed by atoms with E-state index in [4.69, 9.17) is 0 Å². The van der Waals surface area contributed by atoms with Gasteiger partial charge in [-0.1, -0.05) is 78.9 Å². The molecule has 0 bridgehead atoms. The van der Waals surface area contributed by atoms with Gasteiger partial charge in [-0.15, -0.1) is 12.4 Å². The van der Waals surface area contributed by atoms with Crippen LogP contribution in [0.3, 0.4) is 0 Å². The molecule has 1 atom stereocenters. The molecule has 1 heterocycles. The Morgan fingerprint density at radius 1 is 0.880 bits per heavy atom. The average Bonchev–Trinajstić information content (AvgIpc) is 2.68. The van der Waals surface area contributed by atoms with Gasteiger partial charge in [0.2, 0.25) is 0 Å². The van der Waals surface area contributed by atoms with E-state index in [1.165, 1.54) is 19.3 Å². The molecular formula is C22H26ClNO. The van der Waals surface area contributed by atoms with Crippen molar-refractivity contribution in [1.29, 1.82) is 0 Å². The molecule has 0 aromatic heterocycles. The maximum absolute atomic E-state index is 11.4. The van der Waals surface area contributed by atoms with Crippen molar-refractivity contribution in [3.8, 4) is 11.8 Å². The second kappa shape index (κ2) is 9.06. The van der Waals surface area contributed by atoms with E-state index in [1.807, 2.05) is 60.7 Å². The molecule has 1 fully saturated rings. The summed E-state index contributed by atoms with van der Waals surface area (Å²) in [6, 6.07) is 19.6. The number of halogens is 1. The molecule has 1 aliphatic rings. The third kappa shape index (κ3) is 4.64. The van der Waals surface area contributed by atoms with Gasteiger partial charge in [0, 0.05) is 11.1 Å². The van der Waals surface area contributed by atoms with Crippen LogP contribution < -0.4 is 0 Å². The molecule has 1 unspecified atom stereocenters. The van der Waals surface area contributed by atoms with Gasteiger partial charge in [0.1, 0.15) is 0 Å². The Labute approximate surface area is 157 Å². The normalized spacial score (nSPS) is 16.2. The van der Waals surface area contributed by atoms with Crippen molar-refractivity contribution < 1.29 is 5.11 Å². The van der Waals surface area contributed by atoms with Crippen LogP contribution in [0.25, 0.3) is 0 Å². The molecule has 2 aromatic rings. The van der Waals surface area contributed by atoms with Crippen molar-refractivity contribution in [2.24, 2.45) is 0 Å². The van der Waals surface area contributed by atoms with E-state index < -0.39 is 5.60 Å². The van der Waals surface area contributed by atoms with Crippen molar-refractivity contribution in [3.05, 3.63) is 71.8 Å². The number of piperidine rings is 1. The molecule has 1 saturated heterocycles. The van der Waals surface area contributed by atoms with E-state index in [9.17, 15) is 5.11 Å². The van der Waals surface area contributed by atoms with Gasteiger partial charge in [0.05, 0.1) is 6.04 Å². The molecule has 25 heavy (non-hydrogen) atoms. The first-order chi connectivity index (χ1) is 11.7. The quantitative estimate of drug-likeness (QED) is 0.833. The van der Waals surface area contributed by atoms with Gasteiger partial charge in [-0.05, 0) is 32.9 Å². The van der Waals surface area contributed by atoms with Crippen molar-refractivity contribution in [1.82, 2.24) is 4.90 Å². The summed E-state index contributed by atoms with van der Waals surface area (Å²) in [4.78, 5) is 2.41. The predicted octanol–water partition coefficient (Wildman–Crippen LogP) is 4.22. The lowest BCUT2D eigenvalue weighted by Crippen LogP contribution is -2.37. The number of rotatable bonds is 3. The maximum atomic E-state index is 11.4. The number of hydrogen-bond acceptors (Lipinski definition) is 2. The fourth-order valence-corrected chi connectivity index (χ4v) is 3.28. The first-order valence-corrected chi connectivity index (χ1v) is 8.80. The van der Waals surface area contributed by atoms with Crippen molar-refractivity contribution in [3.63, 3.8) is 0 Å². The molecule has 3 rings (SSSR count). The summed E-state index contributed by atoms with van der Waals surface area (Å²) in [5.74, 6) is 6.51. The highest BCUT2D eigenvalue weighted by Gasteiger charge is 2.29. The molecule has 0 radical (unpaired) electrons. The molecule has 0 aliphatic carbocycles. The van der Waals surface area contributed by atoms with Crippen LogP contribution in [-0.2, 0) is 5.60 Å². The van der Waals surface area contributed by atoms with Crippen LogP contribution in [0.1, 0.15) is 37.3 Å². The molecule has 1 N–H and O–H groups in total. The summed E-state index contributed by atoms with van der Waals surface area (Å²) in [7, 11) is 0. The Bertz CT molecular complexity index is 660. The summed E-state index contributed by atoms with van der Waals surface area (Å²) in [5.41, 5.74) is 0.358. The van der Waals surface area contributed by atoms with E-state index >= 15 is 0 Å². The lowest BCUT2D eigenvalue weighted by molar-refractivity contribution is 0.144. The van der Waals surface area contributed by atoms with E-state index in [2.05, 4.69) is 23.7 Å². The zero-order chi connectivity index (χ0) is 16.8.